The van der Waals surface area contributed by atoms with Crippen molar-refractivity contribution in [1.29, 1.82) is 5.26 Å². The van der Waals surface area contributed by atoms with E-state index >= 15 is 0 Å². The average Bonchev–Trinajstić information content (AvgIpc) is 3.31. The standard InChI is InChI=1S/C24H17BrF3N5O2/c1-14(25)21-20(19-10-11-30-33(19)17-8-6-15(13-29)7-9-17)22(34)31(2)23(35)32(21)18-5-3-4-16(12-18)24(26,27)28/h3-12,14H,1-2H3. The van der Waals surface area contributed by atoms with Gasteiger partial charge in [-0.1, -0.05) is 22.0 Å². The molecule has 35 heavy (non-hydrogen) atoms. The Morgan fingerprint density at radius 2 is 1.74 bits per heavy atom. The number of rotatable bonds is 4. The Morgan fingerprint density at radius 1 is 1.06 bits per heavy atom. The molecule has 0 saturated carbocycles. The molecule has 0 amide bonds. The monoisotopic (exact) mass is 543 g/mol. The number of hydrogen-bond acceptors (Lipinski definition) is 4. The maximum atomic E-state index is 13.4. The summed E-state index contributed by atoms with van der Waals surface area (Å²) in [6, 6.07) is 14.5. The number of nitrogens with zero attached hydrogens (tertiary/aromatic N) is 5. The Balaban J connectivity index is 2.06. The molecule has 0 radical (unpaired) electrons. The summed E-state index contributed by atoms with van der Waals surface area (Å²) in [5.41, 5.74) is -0.789. The molecule has 0 aliphatic rings. The minimum Gasteiger partial charge on any atom is -0.268 e. The summed E-state index contributed by atoms with van der Waals surface area (Å²) in [6.07, 6.45) is -3.15. The fourth-order valence-corrected chi connectivity index (χ4v) is 4.23. The fraction of sp³-hybridized carbons (Fsp3) is 0.167. The summed E-state index contributed by atoms with van der Waals surface area (Å²) < 4.78 is 43.6. The minimum atomic E-state index is -4.61. The number of benzene rings is 2. The van der Waals surface area contributed by atoms with Crippen molar-refractivity contribution < 1.29 is 13.2 Å². The van der Waals surface area contributed by atoms with Gasteiger partial charge in [-0.05, 0) is 55.5 Å². The Hall–Kier alpha value is -3.91. The first kappa shape index (κ1) is 24.2. The molecule has 2 heterocycles. The van der Waals surface area contributed by atoms with Crippen LogP contribution in [0.1, 0.15) is 28.6 Å². The predicted octanol–water partition coefficient (Wildman–Crippen LogP) is 4.74. The van der Waals surface area contributed by atoms with E-state index in [2.05, 4.69) is 21.0 Å². The maximum Gasteiger partial charge on any atom is 0.416 e. The van der Waals surface area contributed by atoms with E-state index in [1.54, 1.807) is 37.3 Å². The van der Waals surface area contributed by atoms with E-state index in [9.17, 15) is 22.8 Å². The Morgan fingerprint density at radius 3 is 2.34 bits per heavy atom. The van der Waals surface area contributed by atoms with Gasteiger partial charge in [0.1, 0.15) is 0 Å². The lowest BCUT2D eigenvalue weighted by Gasteiger charge is -2.21. The van der Waals surface area contributed by atoms with Crippen molar-refractivity contribution in [1.82, 2.24) is 18.9 Å². The second-order valence-electron chi connectivity index (χ2n) is 7.69. The first-order valence-electron chi connectivity index (χ1n) is 10.3. The number of aromatic nitrogens is 4. The molecule has 0 saturated heterocycles. The van der Waals surface area contributed by atoms with Gasteiger partial charge in [-0.25, -0.2) is 9.48 Å². The Labute approximate surface area is 205 Å². The van der Waals surface area contributed by atoms with E-state index in [1.807, 2.05) is 6.07 Å². The highest BCUT2D eigenvalue weighted by Crippen LogP contribution is 2.34. The van der Waals surface area contributed by atoms with Crippen LogP contribution in [0, 0.1) is 11.3 Å². The SMILES string of the molecule is CC(Br)c1c(-c2ccnn2-c2ccc(C#N)cc2)c(=O)n(C)c(=O)n1-c1cccc(C(F)(F)F)c1. The summed E-state index contributed by atoms with van der Waals surface area (Å²) in [6.45, 7) is 1.67. The van der Waals surface area contributed by atoms with E-state index < -0.39 is 27.8 Å². The van der Waals surface area contributed by atoms with Gasteiger partial charge in [0.15, 0.2) is 0 Å². The fourth-order valence-electron chi connectivity index (χ4n) is 3.79. The summed E-state index contributed by atoms with van der Waals surface area (Å²) in [5.74, 6) is 0. The summed E-state index contributed by atoms with van der Waals surface area (Å²) in [5, 5.41) is 13.4. The van der Waals surface area contributed by atoms with Gasteiger partial charge in [0.2, 0.25) is 0 Å². The minimum absolute atomic E-state index is 0.0348. The highest BCUT2D eigenvalue weighted by molar-refractivity contribution is 9.09. The van der Waals surface area contributed by atoms with Crippen molar-refractivity contribution in [2.75, 3.05) is 0 Å². The maximum absolute atomic E-state index is 13.4. The molecule has 2 aromatic heterocycles. The van der Waals surface area contributed by atoms with Crippen LogP contribution in [0.2, 0.25) is 0 Å². The number of alkyl halides is 4. The van der Waals surface area contributed by atoms with Gasteiger partial charge in [0, 0.05) is 7.05 Å². The third-order valence-corrected chi connectivity index (χ3v) is 5.88. The zero-order valence-electron chi connectivity index (χ0n) is 18.4. The third-order valence-electron chi connectivity index (χ3n) is 5.44. The highest BCUT2D eigenvalue weighted by Gasteiger charge is 2.32. The van der Waals surface area contributed by atoms with Gasteiger partial charge in [0.25, 0.3) is 5.56 Å². The molecule has 0 aliphatic heterocycles. The second kappa shape index (κ2) is 9.03. The molecule has 2 aromatic carbocycles. The molecular formula is C24H17BrF3N5O2. The van der Waals surface area contributed by atoms with Crippen molar-refractivity contribution in [3.8, 4) is 28.7 Å². The molecule has 4 aromatic rings. The molecule has 0 aliphatic carbocycles. The molecule has 1 atom stereocenters. The Kier molecular flexibility index (Phi) is 6.25. The number of halogens is 4. The first-order valence-corrected chi connectivity index (χ1v) is 11.2. The summed E-state index contributed by atoms with van der Waals surface area (Å²) in [4.78, 5) is 26.0. The zero-order chi connectivity index (χ0) is 25.5. The highest BCUT2D eigenvalue weighted by atomic mass is 79.9. The van der Waals surface area contributed by atoms with Crippen LogP contribution in [0.5, 0.6) is 0 Å². The molecule has 178 valence electrons. The summed E-state index contributed by atoms with van der Waals surface area (Å²) >= 11 is 3.42. The Bertz CT molecular complexity index is 1580. The lowest BCUT2D eigenvalue weighted by molar-refractivity contribution is -0.137. The molecule has 7 nitrogen and oxygen atoms in total. The van der Waals surface area contributed by atoms with Gasteiger partial charge in [0.05, 0.1) is 56.5 Å². The van der Waals surface area contributed by atoms with Crippen molar-refractivity contribution >= 4 is 15.9 Å². The van der Waals surface area contributed by atoms with Crippen molar-refractivity contribution in [2.45, 2.75) is 17.9 Å². The van der Waals surface area contributed by atoms with Crippen LogP contribution in [0.15, 0.2) is 70.4 Å². The van der Waals surface area contributed by atoms with Crippen LogP contribution in [0.4, 0.5) is 13.2 Å². The van der Waals surface area contributed by atoms with E-state index in [1.165, 1.54) is 30.1 Å². The van der Waals surface area contributed by atoms with Gasteiger partial charge < -0.3 is 0 Å². The average molecular weight is 544 g/mol. The van der Waals surface area contributed by atoms with Crippen LogP contribution in [-0.2, 0) is 13.2 Å². The van der Waals surface area contributed by atoms with E-state index in [-0.39, 0.29) is 16.9 Å². The van der Waals surface area contributed by atoms with Crippen LogP contribution in [0.25, 0.3) is 22.6 Å². The normalized spacial score (nSPS) is 12.4. The molecule has 0 spiro atoms. The van der Waals surface area contributed by atoms with Gasteiger partial charge in [-0.2, -0.15) is 23.5 Å². The lowest BCUT2D eigenvalue weighted by Crippen LogP contribution is -2.40. The first-order chi connectivity index (χ1) is 16.5. The van der Waals surface area contributed by atoms with Crippen LogP contribution in [-0.4, -0.2) is 18.9 Å². The van der Waals surface area contributed by atoms with Crippen molar-refractivity contribution in [3.05, 3.63) is 98.5 Å². The van der Waals surface area contributed by atoms with Crippen LogP contribution >= 0.6 is 15.9 Å². The van der Waals surface area contributed by atoms with Gasteiger partial charge in [-0.15, -0.1) is 0 Å². The molecular weight excluding hydrogens is 527 g/mol. The molecule has 11 heteroatoms. The quantitative estimate of drug-likeness (QED) is 0.348. The molecule has 0 fully saturated rings. The largest absolute Gasteiger partial charge is 0.416 e. The third kappa shape index (κ3) is 4.33. The topological polar surface area (TPSA) is 85.6 Å². The second-order valence-corrected chi connectivity index (χ2v) is 9.07. The summed E-state index contributed by atoms with van der Waals surface area (Å²) in [7, 11) is 1.27. The zero-order valence-corrected chi connectivity index (χ0v) is 20.0. The van der Waals surface area contributed by atoms with Gasteiger partial charge >= 0.3 is 11.9 Å². The molecule has 4 rings (SSSR count). The van der Waals surface area contributed by atoms with E-state index in [4.69, 9.17) is 5.26 Å². The van der Waals surface area contributed by atoms with Gasteiger partial charge in [-0.3, -0.25) is 13.9 Å². The van der Waals surface area contributed by atoms with E-state index in [0.717, 1.165) is 21.3 Å². The molecule has 0 bridgehead atoms. The van der Waals surface area contributed by atoms with Crippen molar-refractivity contribution in [3.63, 3.8) is 0 Å². The van der Waals surface area contributed by atoms with E-state index in [0.29, 0.717) is 16.9 Å². The predicted molar refractivity (Wildman–Crippen MR) is 127 cm³/mol. The number of hydrogen-bond donors (Lipinski definition) is 0. The van der Waals surface area contributed by atoms with Crippen LogP contribution in [0.3, 0.4) is 0 Å². The smallest absolute Gasteiger partial charge is 0.268 e. The number of nitriles is 1. The molecule has 0 N–H and O–H groups in total. The van der Waals surface area contributed by atoms with Crippen molar-refractivity contribution in [2.24, 2.45) is 7.05 Å². The lowest BCUT2D eigenvalue weighted by atomic mass is 10.1. The molecule has 1 unspecified atom stereocenters. The van der Waals surface area contributed by atoms with Crippen LogP contribution < -0.4 is 11.2 Å².